The molecule has 1 N–H and O–H groups in total. The molecule has 1 aliphatic heterocycles. The summed E-state index contributed by atoms with van der Waals surface area (Å²) in [5.41, 5.74) is 0. The van der Waals surface area contributed by atoms with Crippen LogP contribution in [0.5, 0.6) is 5.75 Å². The smallest absolute Gasteiger partial charge is 0.240 e. The molecule has 0 spiro atoms. The summed E-state index contributed by atoms with van der Waals surface area (Å²) < 4.78 is 38.6. The predicted octanol–water partition coefficient (Wildman–Crippen LogP) is 2.24. The summed E-state index contributed by atoms with van der Waals surface area (Å²) in [6.45, 7) is 7.20. The molecule has 2 aromatic carbocycles. The Bertz CT molecular complexity index is 833. The van der Waals surface area contributed by atoms with Gasteiger partial charge in [0.2, 0.25) is 10.0 Å². The van der Waals surface area contributed by atoms with Gasteiger partial charge in [-0.2, -0.15) is 0 Å². The van der Waals surface area contributed by atoms with Gasteiger partial charge in [-0.1, -0.05) is 12.1 Å². The molecule has 0 bridgehead atoms. The predicted molar refractivity (Wildman–Crippen MR) is 102 cm³/mol. The lowest BCUT2D eigenvalue weighted by molar-refractivity contribution is 0.0376. The van der Waals surface area contributed by atoms with Crippen LogP contribution in [0.3, 0.4) is 0 Å². The van der Waals surface area contributed by atoms with Gasteiger partial charge < -0.3 is 9.47 Å². The molecule has 2 aromatic rings. The molecule has 1 heterocycles. The van der Waals surface area contributed by atoms with Crippen molar-refractivity contribution in [3.63, 3.8) is 0 Å². The van der Waals surface area contributed by atoms with Gasteiger partial charge in [0.15, 0.2) is 0 Å². The lowest BCUT2D eigenvalue weighted by Crippen LogP contribution is -2.38. The summed E-state index contributed by atoms with van der Waals surface area (Å²) in [7, 11) is -3.50. The van der Waals surface area contributed by atoms with Gasteiger partial charge in [-0.25, -0.2) is 13.1 Å². The first kappa shape index (κ1) is 19.1. The third kappa shape index (κ3) is 4.94. The SMILES string of the molecule is CCOc1ccc2cc(S(=O)(=O)NCCCN3CCOCC3)ccc2c1. The molecule has 0 aromatic heterocycles. The second-order valence-electron chi connectivity index (χ2n) is 6.31. The van der Waals surface area contributed by atoms with Gasteiger partial charge in [-0.3, -0.25) is 4.90 Å². The Kier molecular flexibility index (Phi) is 6.48. The molecule has 0 unspecified atom stereocenters. The Labute approximate surface area is 155 Å². The Morgan fingerprint density at radius 1 is 1.12 bits per heavy atom. The zero-order chi connectivity index (χ0) is 18.4. The lowest BCUT2D eigenvalue weighted by Gasteiger charge is -2.26. The van der Waals surface area contributed by atoms with E-state index in [4.69, 9.17) is 9.47 Å². The van der Waals surface area contributed by atoms with Crippen molar-refractivity contribution in [2.24, 2.45) is 0 Å². The van der Waals surface area contributed by atoms with E-state index in [1.807, 2.05) is 31.2 Å². The molecule has 1 fully saturated rings. The van der Waals surface area contributed by atoms with Crippen molar-refractivity contribution in [3.05, 3.63) is 36.4 Å². The van der Waals surface area contributed by atoms with E-state index in [9.17, 15) is 8.42 Å². The van der Waals surface area contributed by atoms with Crippen molar-refractivity contribution in [3.8, 4) is 5.75 Å². The maximum atomic E-state index is 12.5. The quantitative estimate of drug-likeness (QED) is 0.714. The van der Waals surface area contributed by atoms with Gasteiger partial charge in [0, 0.05) is 19.6 Å². The number of nitrogens with one attached hydrogen (secondary N) is 1. The maximum Gasteiger partial charge on any atom is 0.240 e. The molecule has 26 heavy (non-hydrogen) atoms. The molecule has 1 aliphatic rings. The highest BCUT2D eigenvalue weighted by molar-refractivity contribution is 7.89. The molecule has 0 atom stereocenters. The van der Waals surface area contributed by atoms with E-state index >= 15 is 0 Å². The molecule has 3 rings (SSSR count). The third-order valence-electron chi connectivity index (χ3n) is 4.45. The standard InChI is InChI=1S/C19H26N2O4S/c1-2-25-18-6-4-17-15-19(7-5-16(17)14-18)26(22,23)20-8-3-9-21-10-12-24-13-11-21/h4-7,14-15,20H,2-3,8-13H2,1H3. The van der Waals surface area contributed by atoms with Crippen molar-refractivity contribution in [1.29, 1.82) is 0 Å². The van der Waals surface area contributed by atoms with Crippen LogP contribution in [0.15, 0.2) is 41.3 Å². The fourth-order valence-electron chi connectivity index (χ4n) is 3.04. The zero-order valence-corrected chi connectivity index (χ0v) is 15.9. The van der Waals surface area contributed by atoms with Crippen molar-refractivity contribution < 1.29 is 17.9 Å². The summed E-state index contributed by atoms with van der Waals surface area (Å²) in [5.74, 6) is 0.789. The first-order valence-electron chi connectivity index (χ1n) is 9.05. The summed E-state index contributed by atoms with van der Waals surface area (Å²) in [5, 5.41) is 1.84. The van der Waals surface area contributed by atoms with Crippen LogP contribution in [0.4, 0.5) is 0 Å². The van der Waals surface area contributed by atoms with Crippen LogP contribution in [0, 0.1) is 0 Å². The molecule has 0 amide bonds. The number of benzene rings is 2. The number of morpholine rings is 1. The summed E-state index contributed by atoms with van der Waals surface area (Å²) in [6, 6.07) is 10.8. The second kappa shape index (κ2) is 8.81. The Hall–Kier alpha value is -1.67. The molecule has 6 nitrogen and oxygen atoms in total. The van der Waals surface area contributed by atoms with Gasteiger partial charge in [0.05, 0.1) is 24.7 Å². The number of rotatable bonds is 8. The van der Waals surface area contributed by atoms with Crippen molar-refractivity contribution in [2.45, 2.75) is 18.2 Å². The Morgan fingerprint density at radius 2 is 1.85 bits per heavy atom. The highest BCUT2D eigenvalue weighted by Crippen LogP contribution is 2.23. The minimum absolute atomic E-state index is 0.292. The summed E-state index contributed by atoms with van der Waals surface area (Å²) >= 11 is 0. The second-order valence-corrected chi connectivity index (χ2v) is 8.08. The largest absolute Gasteiger partial charge is 0.494 e. The molecule has 142 valence electrons. The number of nitrogens with zero attached hydrogens (tertiary/aromatic N) is 1. The van der Waals surface area contributed by atoms with E-state index in [0.717, 1.165) is 55.8 Å². The van der Waals surface area contributed by atoms with E-state index in [-0.39, 0.29) is 0 Å². The van der Waals surface area contributed by atoms with Crippen LogP contribution >= 0.6 is 0 Å². The van der Waals surface area contributed by atoms with Gasteiger partial charge in [-0.15, -0.1) is 0 Å². The number of hydrogen-bond acceptors (Lipinski definition) is 5. The zero-order valence-electron chi connectivity index (χ0n) is 15.1. The van der Waals surface area contributed by atoms with Crippen LogP contribution in [-0.4, -0.2) is 59.3 Å². The van der Waals surface area contributed by atoms with Gasteiger partial charge in [-0.05, 0) is 54.9 Å². The highest BCUT2D eigenvalue weighted by Gasteiger charge is 2.15. The van der Waals surface area contributed by atoms with E-state index < -0.39 is 10.0 Å². The fraction of sp³-hybridized carbons (Fsp3) is 0.474. The van der Waals surface area contributed by atoms with Gasteiger partial charge in [0.1, 0.15) is 5.75 Å². The minimum atomic E-state index is -3.50. The van der Waals surface area contributed by atoms with Crippen LogP contribution in [0.25, 0.3) is 10.8 Å². The molecular weight excluding hydrogens is 352 g/mol. The summed E-state index contributed by atoms with van der Waals surface area (Å²) in [4.78, 5) is 2.59. The molecule has 0 saturated carbocycles. The third-order valence-corrected chi connectivity index (χ3v) is 5.91. The molecular formula is C19H26N2O4S. The van der Waals surface area contributed by atoms with Crippen LogP contribution < -0.4 is 9.46 Å². The van der Waals surface area contributed by atoms with Gasteiger partial charge >= 0.3 is 0 Å². The number of sulfonamides is 1. The first-order valence-corrected chi connectivity index (χ1v) is 10.5. The monoisotopic (exact) mass is 378 g/mol. The molecule has 7 heteroatoms. The van der Waals surface area contributed by atoms with Crippen LogP contribution in [0.2, 0.25) is 0 Å². The molecule has 0 aliphatic carbocycles. The Balaban J connectivity index is 1.60. The summed E-state index contributed by atoms with van der Waals surface area (Å²) in [6.07, 6.45) is 0.782. The van der Waals surface area contributed by atoms with E-state index in [0.29, 0.717) is 18.0 Å². The topological polar surface area (TPSA) is 67.9 Å². The molecule has 0 radical (unpaired) electrons. The number of ether oxygens (including phenoxy) is 2. The number of hydrogen-bond donors (Lipinski definition) is 1. The fourth-order valence-corrected chi connectivity index (χ4v) is 4.15. The van der Waals surface area contributed by atoms with Crippen molar-refractivity contribution in [1.82, 2.24) is 9.62 Å². The average molecular weight is 378 g/mol. The molecule has 1 saturated heterocycles. The normalized spacial score (nSPS) is 16.0. The maximum absolute atomic E-state index is 12.5. The van der Waals surface area contributed by atoms with Gasteiger partial charge in [0.25, 0.3) is 0 Å². The van der Waals surface area contributed by atoms with Crippen molar-refractivity contribution in [2.75, 3.05) is 46.0 Å². The highest BCUT2D eigenvalue weighted by atomic mass is 32.2. The number of fused-ring (bicyclic) bond motifs is 1. The van der Waals surface area contributed by atoms with Crippen LogP contribution in [-0.2, 0) is 14.8 Å². The van der Waals surface area contributed by atoms with Crippen molar-refractivity contribution >= 4 is 20.8 Å². The minimum Gasteiger partial charge on any atom is -0.494 e. The van der Waals surface area contributed by atoms with Crippen LogP contribution in [0.1, 0.15) is 13.3 Å². The van der Waals surface area contributed by atoms with E-state index in [2.05, 4.69) is 9.62 Å². The lowest BCUT2D eigenvalue weighted by atomic mass is 10.1. The average Bonchev–Trinajstić information content (AvgIpc) is 2.66. The van der Waals surface area contributed by atoms with E-state index in [1.165, 1.54) is 0 Å². The van der Waals surface area contributed by atoms with E-state index in [1.54, 1.807) is 12.1 Å². The Morgan fingerprint density at radius 3 is 2.62 bits per heavy atom. The first-order chi connectivity index (χ1) is 12.6.